The van der Waals surface area contributed by atoms with Crippen molar-refractivity contribution in [3.8, 4) is 11.1 Å². The Morgan fingerprint density at radius 2 is 1.77 bits per heavy atom. The Bertz CT molecular complexity index is 1330. The topological polar surface area (TPSA) is 66.1 Å². The van der Waals surface area contributed by atoms with Gasteiger partial charge in [0, 0.05) is 30.2 Å². The molecule has 0 spiro atoms. The number of hydrogen-bond donors (Lipinski definition) is 1. The van der Waals surface area contributed by atoms with Gasteiger partial charge < -0.3 is 4.98 Å². The van der Waals surface area contributed by atoms with Gasteiger partial charge >= 0.3 is 0 Å². The summed E-state index contributed by atoms with van der Waals surface area (Å²) < 4.78 is 28.3. The summed E-state index contributed by atoms with van der Waals surface area (Å²) in [6.45, 7) is 4.70. The number of H-pyrrole nitrogens is 1. The molecule has 0 atom stereocenters. The van der Waals surface area contributed by atoms with Crippen LogP contribution in [0, 0.1) is 13.8 Å². The van der Waals surface area contributed by atoms with Crippen LogP contribution in [-0.4, -0.2) is 35.8 Å². The number of nitrogens with one attached hydrogen (secondary N) is 1. The van der Waals surface area contributed by atoms with Gasteiger partial charge in [-0.05, 0) is 61.4 Å². The predicted molar refractivity (Wildman–Crippen MR) is 126 cm³/mol. The molecule has 0 aliphatic carbocycles. The third-order valence-electron chi connectivity index (χ3n) is 6.15. The molecule has 0 radical (unpaired) electrons. The number of aromatic amines is 1. The van der Waals surface area contributed by atoms with Crippen molar-refractivity contribution in [3.05, 3.63) is 71.0 Å². The summed E-state index contributed by atoms with van der Waals surface area (Å²) in [5.41, 5.74) is 5.42. The molecule has 31 heavy (non-hydrogen) atoms. The van der Waals surface area contributed by atoms with Crippen LogP contribution in [0.2, 0.25) is 0 Å². The molecule has 1 aliphatic rings. The first kappa shape index (κ1) is 20.4. The van der Waals surface area contributed by atoms with Gasteiger partial charge in [-0.25, -0.2) is 13.4 Å². The molecular weight excluding hydrogens is 426 g/mol. The van der Waals surface area contributed by atoms with Gasteiger partial charge in [0.2, 0.25) is 0 Å². The van der Waals surface area contributed by atoms with Crippen LogP contribution >= 0.6 is 11.3 Å². The molecule has 0 saturated carbocycles. The van der Waals surface area contributed by atoms with Crippen molar-refractivity contribution >= 4 is 32.3 Å². The Labute approximate surface area is 186 Å². The summed E-state index contributed by atoms with van der Waals surface area (Å²) in [6, 6.07) is 16.9. The monoisotopic (exact) mass is 451 g/mol. The first-order valence-corrected chi connectivity index (χ1v) is 12.8. The van der Waals surface area contributed by atoms with Gasteiger partial charge in [0.1, 0.15) is 0 Å². The van der Waals surface area contributed by atoms with Gasteiger partial charge in [0.25, 0.3) is 10.0 Å². The van der Waals surface area contributed by atoms with Crippen LogP contribution in [0.25, 0.3) is 22.0 Å². The number of nitrogens with zero attached hydrogens (tertiary/aromatic N) is 2. The quantitative estimate of drug-likeness (QED) is 0.447. The first-order chi connectivity index (χ1) is 14.9. The Balaban J connectivity index is 1.39. The first-order valence-electron chi connectivity index (χ1n) is 10.5. The number of fused-ring (bicyclic) bond motifs is 1. The number of benzene rings is 2. The van der Waals surface area contributed by atoms with E-state index in [0.29, 0.717) is 28.9 Å². The average molecular weight is 452 g/mol. The standard InChI is InChI=1S/C24H25N3O2S2/c1-16-24(30-17(2)26-16)31(28,29)27-12-10-19(11-13-27)22-15-25-23-9-8-20(14-21(22)23)18-6-4-3-5-7-18/h3-9,14-15,19,25H,10-13H2,1-2H3. The second-order valence-electron chi connectivity index (χ2n) is 8.15. The van der Waals surface area contributed by atoms with E-state index in [-0.39, 0.29) is 0 Å². The highest BCUT2D eigenvalue weighted by Gasteiger charge is 2.33. The van der Waals surface area contributed by atoms with Crippen molar-refractivity contribution in [2.75, 3.05) is 13.1 Å². The van der Waals surface area contributed by atoms with E-state index in [1.165, 1.54) is 33.4 Å². The molecule has 5 nitrogen and oxygen atoms in total. The molecule has 1 N–H and O–H groups in total. The second-order valence-corrected chi connectivity index (χ2v) is 11.5. The molecule has 1 saturated heterocycles. The number of aromatic nitrogens is 2. The van der Waals surface area contributed by atoms with Gasteiger partial charge in [-0.2, -0.15) is 4.31 Å². The van der Waals surface area contributed by atoms with Crippen LogP contribution in [0.1, 0.15) is 35.0 Å². The minimum atomic E-state index is -3.47. The molecule has 0 unspecified atom stereocenters. The van der Waals surface area contributed by atoms with Crippen molar-refractivity contribution in [2.45, 2.75) is 36.8 Å². The Morgan fingerprint density at radius 3 is 2.45 bits per heavy atom. The normalized spacial score (nSPS) is 16.2. The van der Waals surface area contributed by atoms with Crippen molar-refractivity contribution in [3.63, 3.8) is 0 Å². The molecular formula is C24H25N3O2S2. The zero-order valence-electron chi connectivity index (χ0n) is 17.6. The van der Waals surface area contributed by atoms with Crippen molar-refractivity contribution in [2.24, 2.45) is 0 Å². The van der Waals surface area contributed by atoms with E-state index in [0.717, 1.165) is 23.4 Å². The van der Waals surface area contributed by atoms with Gasteiger partial charge in [-0.3, -0.25) is 0 Å². The maximum atomic E-state index is 13.1. The maximum absolute atomic E-state index is 13.1. The highest BCUT2D eigenvalue weighted by atomic mass is 32.2. The molecule has 0 amide bonds. The summed E-state index contributed by atoms with van der Waals surface area (Å²) in [5, 5.41) is 2.02. The number of rotatable bonds is 4. The maximum Gasteiger partial charge on any atom is 0.254 e. The summed E-state index contributed by atoms with van der Waals surface area (Å²) in [4.78, 5) is 7.71. The number of thiazole rings is 1. The molecule has 7 heteroatoms. The summed E-state index contributed by atoms with van der Waals surface area (Å²) in [5.74, 6) is 0.343. The van der Waals surface area contributed by atoms with Gasteiger partial charge in [0.05, 0.1) is 10.7 Å². The largest absolute Gasteiger partial charge is 0.361 e. The molecule has 160 valence electrons. The summed E-state index contributed by atoms with van der Waals surface area (Å²) >= 11 is 1.27. The molecule has 3 heterocycles. The number of aryl methyl sites for hydroxylation is 2. The lowest BCUT2D eigenvalue weighted by molar-refractivity contribution is 0.321. The molecule has 1 fully saturated rings. The van der Waals surface area contributed by atoms with Crippen LogP contribution in [0.3, 0.4) is 0 Å². The number of hydrogen-bond acceptors (Lipinski definition) is 4. The number of sulfonamides is 1. The van der Waals surface area contributed by atoms with Crippen LogP contribution in [0.5, 0.6) is 0 Å². The molecule has 0 bridgehead atoms. The smallest absolute Gasteiger partial charge is 0.254 e. The van der Waals surface area contributed by atoms with Gasteiger partial charge in [0.15, 0.2) is 4.21 Å². The van der Waals surface area contributed by atoms with E-state index < -0.39 is 10.0 Å². The van der Waals surface area contributed by atoms with Crippen LogP contribution < -0.4 is 0 Å². The Hall–Kier alpha value is -2.48. The summed E-state index contributed by atoms with van der Waals surface area (Å²) in [6.07, 6.45) is 3.74. The second kappa shape index (κ2) is 7.89. The van der Waals surface area contributed by atoms with Crippen molar-refractivity contribution in [1.82, 2.24) is 14.3 Å². The molecule has 1 aliphatic heterocycles. The highest BCUT2D eigenvalue weighted by Crippen LogP contribution is 2.37. The lowest BCUT2D eigenvalue weighted by Gasteiger charge is -2.31. The Morgan fingerprint density at radius 1 is 1.03 bits per heavy atom. The van der Waals surface area contributed by atoms with E-state index in [9.17, 15) is 8.42 Å². The van der Waals surface area contributed by atoms with Crippen LogP contribution in [0.15, 0.2) is 58.9 Å². The SMILES string of the molecule is Cc1nc(C)c(S(=O)(=O)N2CCC(c3c[nH]c4ccc(-c5ccccc5)cc34)CC2)s1. The van der Waals surface area contributed by atoms with E-state index in [1.54, 1.807) is 11.2 Å². The third-order valence-corrected chi connectivity index (χ3v) is 9.71. The molecule has 4 aromatic rings. The van der Waals surface area contributed by atoms with Crippen molar-refractivity contribution in [1.29, 1.82) is 0 Å². The van der Waals surface area contributed by atoms with E-state index in [2.05, 4.69) is 58.6 Å². The third kappa shape index (κ3) is 3.71. The fraction of sp³-hybridized carbons (Fsp3) is 0.292. The minimum Gasteiger partial charge on any atom is -0.361 e. The van der Waals surface area contributed by atoms with Gasteiger partial charge in [-0.15, -0.1) is 11.3 Å². The lowest BCUT2D eigenvalue weighted by atomic mass is 9.89. The Kier molecular flexibility index (Phi) is 5.20. The average Bonchev–Trinajstić information content (AvgIpc) is 3.36. The fourth-order valence-electron chi connectivity index (χ4n) is 4.57. The minimum absolute atomic E-state index is 0.343. The number of piperidine rings is 1. The van der Waals surface area contributed by atoms with Crippen LogP contribution in [-0.2, 0) is 10.0 Å². The van der Waals surface area contributed by atoms with Crippen LogP contribution in [0.4, 0.5) is 0 Å². The van der Waals surface area contributed by atoms with Crippen molar-refractivity contribution < 1.29 is 8.42 Å². The highest BCUT2D eigenvalue weighted by molar-refractivity contribution is 7.91. The fourth-order valence-corrected chi connectivity index (χ4v) is 7.66. The van der Waals surface area contributed by atoms with E-state index in [4.69, 9.17) is 0 Å². The van der Waals surface area contributed by atoms with E-state index >= 15 is 0 Å². The van der Waals surface area contributed by atoms with E-state index in [1.807, 2.05) is 13.0 Å². The zero-order valence-corrected chi connectivity index (χ0v) is 19.3. The molecule has 2 aromatic carbocycles. The van der Waals surface area contributed by atoms with Gasteiger partial charge in [-0.1, -0.05) is 36.4 Å². The predicted octanol–water partition coefficient (Wildman–Crippen LogP) is 5.48. The zero-order chi connectivity index (χ0) is 21.6. The summed E-state index contributed by atoms with van der Waals surface area (Å²) in [7, 11) is -3.47. The lowest BCUT2D eigenvalue weighted by Crippen LogP contribution is -2.37. The molecule has 5 rings (SSSR count). The molecule has 2 aromatic heterocycles.